The maximum atomic E-state index is 16.4. The number of hydrogen-bond acceptors (Lipinski definition) is 8. The molecule has 2 atom stereocenters. The fourth-order valence-corrected chi connectivity index (χ4v) is 7.41. The van der Waals surface area contributed by atoms with Crippen molar-refractivity contribution < 1.29 is 18.3 Å². The van der Waals surface area contributed by atoms with Crippen molar-refractivity contribution in [3.8, 4) is 17.4 Å². The normalized spacial score (nSPS) is 23.9. The molecule has 0 aliphatic carbocycles. The zero-order valence-corrected chi connectivity index (χ0v) is 22.6. The van der Waals surface area contributed by atoms with Crippen LogP contribution in [0.15, 0.2) is 18.3 Å². The lowest BCUT2D eigenvalue weighted by molar-refractivity contribution is 0.0302. The molecule has 3 aromatic heterocycles. The quantitative estimate of drug-likeness (QED) is 0.365. The molecule has 1 aromatic carbocycles. The van der Waals surface area contributed by atoms with Gasteiger partial charge in [-0.05, 0) is 63.7 Å². The Kier molecular flexibility index (Phi) is 5.66. The van der Waals surface area contributed by atoms with E-state index >= 15 is 4.39 Å². The number of H-pyrrole nitrogens is 1. The van der Waals surface area contributed by atoms with Gasteiger partial charge in [-0.25, -0.2) is 8.78 Å². The lowest BCUT2D eigenvalue weighted by Gasteiger charge is -2.34. The lowest BCUT2D eigenvalue weighted by atomic mass is 9.95. The van der Waals surface area contributed by atoms with Gasteiger partial charge in [-0.3, -0.25) is 15.0 Å². The smallest absolute Gasteiger partial charge is 0.319 e. The fraction of sp³-hybridized carbons (Fsp3) is 0.500. The summed E-state index contributed by atoms with van der Waals surface area (Å²) in [6.07, 6.45) is 8.22. The second kappa shape index (κ2) is 9.19. The molecule has 4 aromatic rings. The number of nitrogens with one attached hydrogen (secondary N) is 1. The molecule has 40 heavy (non-hydrogen) atoms. The van der Waals surface area contributed by atoms with E-state index in [1.165, 1.54) is 12.1 Å². The van der Waals surface area contributed by atoms with Crippen molar-refractivity contribution in [3.63, 3.8) is 0 Å². The Morgan fingerprint density at radius 1 is 1.07 bits per heavy atom. The van der Waals surface area contributed by atoms with Crippen molar-refractivity contribution in [2.75, 3.05) is 37.7 Å². The summed E-state index contributed by atoms with van der Waals surface area (Å²) < 4.78 is 43.0. The summed E-state index contributed by atoms with van der Waals surface area (Å²) in [6.45, 7) is 3.93. The highest BCUT2D eigenvalue weighted by molar-refractivity contribution is 6.36. The number of halogens is 3. The van der Waals surface area contributed by atoms with E-state index in [4.69, 9.17) is 26.1 Å². The summed E-state index contributed by atoms with van der Waals surface area (Å²) in [5.41, 5.74) is 0.612. The van der Waals surface area contributed by atoms with Crippen LogP contribution in [0.5, 0.6) is 6.01 Å². The summed E-state index contributed by atoms with van der Waals surface area (Å²) in [5, 5.41) is 7.64. The zero-order valence-electron chi connectivity index (χ0n) is 21.8. The Balaban J connectivity index is 1.25. The molecule has 4 aliphatic rings. The van der Waals surface area contributed by atoms with Crippen LogP contribution >= 0.6 is 11.6 Å². The van der Waals surface area contributed by atoms with Gasteiger partial charge in [0.2, 0.25) is 0 Å². The van der Waals surface area contributed by atoms with Crippen LogP contribution in [0.2, 0.25) is 5.02 Å². The molecule has 0 spiro atoms. The number of anilines is 1. The van der Waals surface area contributed by atoms with Crippen molar-refractivity contribution in [2.45, 2.75) is 56.3 Å². The molecule has 9 nitrogen and oxygen atoms in total. The molecule has 0 amide bonds. The molecule has 2 bridgehead atoms. The largest absolute Gasteiger partial charge is 0.461 e. The molecule has 8 rings (SSSR count). The van der Waals surface area contributed by atoms with Gasteiger partial charge in [0, 0.05) is 19.3 Å². The Labute approximate surface area is 233 Å². The number of morpholine rings is 1. The SMILES string of the molecule is Fc1ccc2[nH]nc(-c3ncc4c(N5CC6CCC(C5)O6)nc(OCC56CCCN5CCC6)nc4c3F)c2c1Cl. The maximum absolute atomic E-state index is 16.4. The molecule has 0 saturated carbocycles. The molecular weight excluding hydrogens is 540 g/mol. The Hall–Kier alpha value is -3.15. The number of benzene rings is 1. The van der Waals surface area contributed by atoms with Crippen molar-refractivity contribution in [1.82, 2.24) is 30.0 Å². The second-order valence-electron chi connectivity index (χ2n) is 11.4. The van der Waals surface area contributed by atoms with Gasteiger partial charge in [-0.1, -0.05) is 11.6 Å². The highest BCUT2D eigenvalue weighted by atomic mass is 35.5. The first-order valence-corrected chi connectivity index (χ1v) is 14.3. The van der Waals surface area contributed by atoms with Gasteiger partial charge in [0.1, 0.15) is 35.1 Å². The Morgan fingerprint density at radius 3 is 2.62 bits per heavy atom. The molecule has 0 radical (unpaired) electrons. The van der Waals surface area contributed by atoms with Crippen LogP contribution in [0.1, 0.15) is 38.5 Å². The van der Waals surface area contributed by atoms with E-state index in [2.05, 4.69) is 30.0 Å². The van der Waals surface area contributed by atoms with Gasteiger partial charge < -0.3 is 14.4 Å². The van der Waals surface area contributed by atoms with Crippen LogP contribution in [-0.4, -0.2) is 80.6 Å². The first kappa shape index (κ1) is 24.6. The standard InChI is InChI=1S/C28H28ClF2N7O2/c29-21-18(30)5-6-19-20(21)24(36-35-19)25-22(31)23-17(11-32-25)26(37-12-15-3-4-16(13-37)40-15)34-27(33-23)39-14-28-7-1-9-38(28)10-2-8-28/h5-6,11,15-16H,1-4,7-10,12-14H2,(H,35,36). The van der Waals surface area contributed by atoms with E-state index in [0.29, 0.717) is 36.4 Å². The van der Waals surface area contributed by atoms with Gasteiger partial charge >= 0.3 is 6.01 Å². The second-order valence-corrected chi connectivity index (χ2v) is 11.8. The third-order valence-electron chi connectivity index (χ3n) is 9.11. The van der Waals surface area contributed by atoms with E-state index < -0.39 is 11.6 Å². The molecule has 4 fully saturated rings. The summed E-state index contributed by atoms with van der Waals surface area (Å²) in [5.74, 6) is -0.716. The van der Waals surface area contributed by atoms with Crippen LogP contribution in [0.3, 0.4) is 0 Å². The average Bonchev–Trinajstić information content (AvgIpc) is 3.73. The number of fused-ring (bicyclic) bond motifs is 5. The van der Waals surface area contributed by atoms with E-state index in [9.17, 15) is 4.39 Å². The highest BCUT2D eigenvalue weighted by Gasteiger charge is 2.45. The van der Waals surface area contributed by atoms with Crippen molar-refractivity contribution in [1.29, 1.82) is 0 Å². The van der Waals surface area contributed by atoms with E-state index in [-0.39, 0.29) is 51.1 Å². The molecule has 1 N–H and O–H groups in total. The van der Waals surface area contributed by atoms with Gasteiger partial charge in [-0.2, -0.15) is 15.1 Å². The van der Waals surface area contributed by atoms with Crippen LogP contribution in [0.4, 0.5) is 14.6 Å². The van der Waals surface area contributed by atoms with Crippen LogP contribution in [0.25, 0.3) is 33.2 Å². The summed E-state index contributed by atoms with van der Waals surface area (Å²) in [7, 11) is 0. The summed E-state index contributed by atoms with van der Waals surface area (Å²) in [4.78, 5) is 18.5. The summed E-state index contributed by atoms with van der Waals surface area (Å²) >= 11 is 6.27. The third-order valence-corrected chi connectivity index (χ3v) is 9.48. The Morgan fingerprint density at radius 2 is 1.85 bits per heavy atom. The molecule has 4 aliphatic heterocycles. The minimum Gasteiger partial charge on any atom is -0.461 e. The predicted octanol–water partition coefficient (Wildman–Crippen LogP) is 4.87. The lowest BCUT2D eigenvalue weighted by Crippen LogP contribution is -2.44. The third kappa shape index (κ3) is 3.77. The van der Waals surface area contributed by atoms with Crippen molar-refractivity contribution >= 4 is 39.2 Å². The van der Waals surface area contributed by atoms with Crippen molar-refractivity contribution in [2.24, 2.45) is 0 Å². The molecular formula is C28H28ClF2N7O2. The highest BCUT2D eigenvalue weighted by Crippen LogP contribution is 2.41. The number of nitrogens with zero attached hydrogens (tertiary/aromatic N) is 6. The number of ether oxygens (including phenoxy) is 2. The zero-order chi connectivity index (χ0) is 27.0. The van der Waals surface area contributed by atoms with Gasteiger partial charge in [0.25, 0.3) is 0 Å². The minimum absolute atomic E-state index is 0.00666. The molecule has 208 valence electrons. The molecule has 7 heterocycles. The van der Waals surface area contributed by atoms with Gasteiger partial charge in [0.05, 0.1) is 39.1 Å². The van der Waals surface area contributed by atoms with Crippen molar-refractivity contribution in [3.05, 3.63) is 35.0 Å². The van der Waals surface area contributed by atoms with E-state index in [1.54, 1.807) is 6.20 Å². The topological polar surface area (TPSA) is 92.3 Å². The van der Waals surface area contributed by atoms with Crippen LogP contribution in [0, 0.1) is 11.6 Å². The van der Waals surface area contributed by atoms with E-state index in [1.807, 2.05) is 0 Å². The van der Waals surface area contributed by atoms with Crippen LogP contribution < -0.4 is 9.64 Å². The number of aromatic amines is 1. The minimum atomic E-state index is -0.683. The monoisotopic (exact) mass is 567 g/mol. The first-order chi connectivity index (χ1) is 19.5. The summed E-state index contributed by atoms with van der Waals surface area (Å²) in [6, 6.07) is 2.89. The van der Waals surface area contributed by atoms with Gasteiger partial charge in [0.15, 0.2) is 5.82 Å². The van der Waals surface area contributed by atoms with E-state index in [0.717, 1.165) is 51.6 Å². The molecule has 2 unspecified atom stereocenters. The molecule has 4 saturated heterocycles. The van der Waals surface area contributed by atoms with Crippen LogP contribution in [-0.2, 0) is 4.74 Å². The number of aromatic nitrogens is 5. The van der Waals surface area contributed by atoms with Gasteiger partial charge in [-0.15, -0.1) is 0 Å². The first-order valence-electron chi connectivity index (χ1n) is 14.0. The predicted molar refractivity (Wildman–Crippen MR) is 146 cm³/mol. The average molecular weight is 568 g/mol. The number of pyridine rings is 1. The molecule has 12 heteroatoms. The Bertz CT molecular complexity index is 1630. The fourth-order valence-electron chi connectivity index (χ4n) is 7.16. The number of rotatable bonds is 5. The number of hydrogen-bond donors (Lipinski definition) is 1. The maximum Gasteiger partial charge on any atom is 0.319 e.